The van der Waals surface area contributed by atoms with E-state index >= 15 is 0 Å². The van der Waals surface area contributed by atoms with E-state index in [4.69, 9.17) is 0 Å². The standard InChI is InChI=1S/C16H23NO3/c1-3-5-8-12(4-2)11-13(16(19)20)15(18)14-9-6-7-10-17-14/h6-7,9-10,12-13H,3-5,8,11H2,1-2H3,(H,19,20). The Morgan fingerprint density at radius 3 is 2.55 bits per heavy atom. The molecule has 0 aliphatic heterocycles. The smallest absolute Gasteiger partial charge is 0.314 e. The number of rotatable bonds is 9. The van der Waals surface area contributed by atoms with Gasteiger partial charge in [-0.2, -0.15) is 0 Å². The minimum absolute atomic E-state index is 0.241. The van der Waals surface area contributed by atoms with Gasteiger partial charge in [0.25, 0.3) is 0 Å². The Bertz CT molecular complexity index is 431. The second-order valence-corrected chi connectivity index (χ2v) is 5.12. The van der Waals surface area contributed by atoms with Crippen LogP contribution in [0.3, 0.4) is 0 Å². The summed E-state index contributed by atoms with van der Waals surface area (Å²) in [7, 11) is 0. The molecular weight excluding hydrogens is 254 g/mol. The highest BCUT2D eigenvalue weighted by Crippen LogP contribution is 2.24. The van der Waals surface area contributed by atoms with Crippen LogP contribution in [0.1, 0.15) is 56.4 Å². The number of Topliss-reactive ketones (excluding diaryl/α,β-unsaturated/α-hetero) is 1. The molecule has 2 unspecified atom stereocenters. The van der Waals surface area contributed by atoms with Crippen LogP contribution in [0, 0.1) is 11.8 Å². The van der Waals surface area contributed by atoms with E-state index in [1.165, 1.54) is 6.20 Å². The van der Waals surface area contributed by atoms with E-state index in [2.05, 4.69) is 11.9 Å². The van der Waals surface area contributed by atoms with Gasteiger partial charge in [0.05, 0.1) is 0 Å². The summed E-state index contributed by atoms with van der Waals surface area (Å²) < 4.78 is 0. The largest absolute Gasteiger partial charge is 0.481 e. The summed E-state index contributed by atoms with van der Waals surface area (Å²) in [5, 5.41) is 9.33. The predicted molar refractivity (Wildman–Crippen MR) is 77.6 cm³/mol. The molecule has 0 saturated carbocycles. The maximum absolute atomic E-state index is 12.3. The van der Waals surface area contributed by atoms with Crippen LogP contribution < -0.4 is 0 Å². The van der Waals surface area contributed by atoms with Gasteiger partial charge in [0.2, 0.25) is 0 Å². The highest BCUT2D eigenvalue weighted by Gasteiger charge is 2.30. The van der Waals surface area contributed by atoms with Gasteiger partial charge in [0.1, 0.15) is 11.6 Å². The molecule has 0 aliphatic carbocycles. The van der Waals surface area contributed by atoms with Crippen LogP contribution in [0.4, 0.5) is 0 Å². The molecule has 1 aromatic rings. The van der Waals surface area contributed by atoms with Gasteiger partial charge in [-0.1, -0.05) is 45.6 Å². The van der Waals surface area contributed by atoms with E-state index in [1.54, 1.807) is 18.2 Å². The summed E-state index contributed by atoms with van der Waals surface area (Å²) in [6.07, 6.45) is 5.96. The van der Waals surface area contributed by atoms with Gasteiger partial charge in [-0.15, -0.1) is 0 Å². The first-order valence-electron chi connectivity index (χ1n) is 7.28. The molecule has 0 spiro atoms. The summed E-state index contributed by atoms with van der Waals surface area (Å²) in [6, 6.07) is 4.99. The lowest BCUT2D eigenvalue weighted by Crippen LogP contribution is -2.27. The first kappa shape index (κ1) is 16.3. The number of carbonyl (C=O) groups excluding carboxylic acids is 1. The minimum atomic E-state index is -1.05. The predicted octanol–water partition coefficient (Wildman–Crippen LogP) is 3.57. The normalized spacial score (nSPS) is 13.7. The third-order valence-corrected chi connectivity index (χ3v) is 3.64. The van der Waals surface area contributed by atoms with Crippen molar-refractivity contribution in [3.8, 4) is 0 Å². The molecule has 0 fully saturated rings. The number of nitrogens with zero attached hydrogens (tertiary/aromatic N) is 1. The van der Waals surface area contributed by atoms with E-state index in [0.29, 0.717) is 6.42 Å². The van der Waals surface area contributed by atoms with Gasteiger partial charge < -0.3 is 5.11 Å². The first-order chi connectivity index (χ1) is 9.60. The summed E-state index contributed by atoms with van der Waals surface area (Å²) in [4.78, 5) is 27.6. The fraction of sp³-hybridized carbons (Fsp3) is 0.562. The van der Waals surface area contributed by atoms with Crippen molar-refractivity contribution in [2.24, 2.45) is 11.8 Å². The number of hydrogen-bond acceptors (Lipinski definition) is 3. The zero-order chi connectivity index (χ0) is 15.0. The molecule has 1 N–H and O–H groups in total. The molecule has 0 bridgehead atoms. The Labute approximate surface area is 120 Å². The number of aromatic nitrogens is 1. The van der Waals surface area contributed by atoms with Crippen molar-refractivity contribution < 1.29 is 14.7 Å². The van der Waals surface area contributed by atoms with Gasteiger partial charge in [0.15, 0.2) is 5.78 Å². The van der Waals surface area contributed by atoms with Crippen LogP contribution in [0.2, 0.25) is 0 Å². The zero-order valence-electron chi connectivity index (χ0n) is 12.2. The average molecular weight is 277 g/mol. The van der Waals surface area contributed by atoms with E-state index in [-0.39, 0.29) is 17.4 Å². The van der Waals surface area contributed by atoms with Gasteiger partial charge in [-0.25, -0.2) is 0 Å². The average Bonchev–Trinajstić information content (AvgIpc) is 2.47. The van der Waals surface area contributed by atoms with E-state index in [1.807, 2.05) is 6.92 Å². The number of pyridine rings is 1. The van der Waals surface area contributed by atoms with Crippen molar-refractivity contribution in [1.29, 1.82) is 0 Å². The minimum Gasteiger partial charge on any atom is -0.481 e. The van der Waals surface area contributed by atoms with E-state index < -0.39 is 11.9 Å². The molecule has 0 aliphatic rings. The lowest BCUT2D eigenvalue weighted by atomic mass is 9.85. The Morgan fingerprint density at radius 1 is 1.30 bits per heavy atom. The summed E-state index contributed by atoms with van der Waals surface area (Å²) in [5.41, 5.74) is 0.241. The molecule has 1 rings (SSSR count). The quantitative estimate of drug-likeness (QED) is 0.553. The van der Waals surface area contributed by atoms with Crippen LogP contribution in [0.5, 0.6) is 0 Å². The fourth-order valence-electron chi connectivity index (χ4n) is 2.32. The zero-order valence-corrected chi connectivity index (χ0v) is 12.2. The van der Waals surface area contributed by atoms with Crippen LogP contribution in [-0.4, -0.2) is 21.8 Å². The van der Waals surface area contributed by atoms with Gasteiger partial charge in [0, 0.05) is 6.20 Å². The van der Waals surface area contributed by atoms with Crippen molar-refractivity contribution >= 4 is 11.8 Å². The highest BCUT2D eigenvalue weighted by molar-refractivity contribution is 6.07. The molecule has 0 aromatic carbocycles. The SMILES string of the molecule is CCCCC(CC)CC(C(=O)O)C(=O)c1ccccn1. The van der Waals surface area contributed by atoms with Crippen LogP contribution in [0.25, 0.3) is 0 Å². The molecule has 0 radical (unpaired) electrons. The Hall–Kier alpha value is -1.71. The van der Waals surface area contributed by atoms with E-state index in [9.17, 15) is 14.7 Å². The first-order valence-corrected chi connectivity index (χ1v) is 7.28. The second-order valence-electron chi connectivity index (χ2n) is 5.12. The van der Waals surface area contributed by atoms with E-state index in [0.717, 1.165) is 25.7 Å². The Balaban J connectivity index is 2.78. The fourth-order valence-corrected chi connectivity index (χ4v) is 2.32. The van der Waals surface area contributed by atoms with Crippen LogP contribution >= 0.6 is 0 Å². The molecule has 1 heterocycles. The molecule has 0 saturated heterocycles. The molecule has 1 aromatic heterocycles. The Morgan fingerprint density at radius 2 is 2.05 bits per heavy atom. The Kier molecular flexibility index (Phi) is 6.91. The molecule has 2 atom stereocenters. The van der Waals surface area contributed by atoms with Crippen LogP contribution in [-0.2, 0) is 4.79 Å². The number of unbranched alkanes of at least 4 members (excludes halogenated alkanes) is 1. The molecule has 20 heavy (non-hydrogen) atoms. The lowest BCUT2D eigenvalue weighted by Gasteiger charge is -2.18. The number of hydrogen-bond donors (Lipinski definition) is 1. The van der Waals surface area contributed by atoms with Gasteiger partial charge in [-0.05, 0) is 24.5 Å². The monoisotopic (exact) mass is 277 g/mol. The molecule has 4 heteroatoms. The molecule has 0 amide bonds. The summed E-state index contributed by atoms with van der Waals surface area (Å²) >= 11 is 0. The third-order valence-electron chi connectivity index (χ3n) is 3.64. The van der Waals surface area contributed by atoms with Crippen molar-refractivity contribution in [2.45, 2.75) is 46.0 Å². The van der Waals surface area contributed by atoms with Gasteiger partial charge in [-0.3, -0.25) is 14.6 Å². The number of carbonyl (C=O) groups is 2. The number of ketones is 1. The number of aliphatic carboxylic acids is 1. The third kappa shape index (κ3) is 4.76. The van der Waals surface area contributed by atoms with Crippen LogP contribution in [0.15, 0.2) is 24.4 Å². The number of carboxylic acids is 1. The number of carboxylic acid groups (broad SMARTS) is 1. The maximum atomic E-state index is 12.3. The summed E-state index contributed by atoms with van der Waals surface area (Å²) in [5.74, 6) is -2.13. The molecule has 4 nitrogen and oxygen atoms in total. The molecule has 110 valence electrons. The van der Waals surface area contributed by atoms with Crippen molar-refractivity contribution in [3.05, 3.63) is 30.1 Å². The second kappa shape index (κ2) is 8.46. The highest BCUT2D eigenvalue weighted by atomic mass is 16.4. The van der Waals surface area contributed by atoms with Gasteiger partial charge >= 0.3 is 5.97 Å². The summed E-state index contributed by atoms with van der Waals surface area (Å²) in [6.45, 7) is 4.16. The maximum Gasteiger partial charge on any atom is 0.314 e. The molecular formula is C16H23NO3. The van der Waals surface area contributed by atoms with Crippen molar-refractivity contribution in [2.75, 3.05) is 0 Å². The van der Waals surface area contributed by atoms with Crippen molar-refractivity contribution in [3.63, 3.8) is 0 Å². The lowest BCUT2D eigenvalue weighted by molar-refractivity contribution is -0.140. The topological polar surface area (TPSA) is 67.3 Å². The van der Waals surface area contributed by atoms with Crippen molar-refractivity contribution in [1.82, 2.24) is 4.98 Å².